The van der Waals surface area contributed by atoms with Crippen LogP contribution in [0.15, 0.2) is 42.5 Å². The molecule has 0 saturated carbocycles. The molecular formula is C24H20F3NO4S. The number of fused-ring (bicyclic) bond motifs is 1. The fourth-order valence-corrected chi connectivity index (χ4v) is 5.05. The number of methoxy groups -OCH3 is 1. The van der Waals surface area contributed by atoms with E-state index in [9.17, 15) is 28.2 Å². The second-order valence-electron chi connectivity index (χ2n) is 8.26. The zero-order chi connectivity index (χ0) is 24.1. The quantitative estimate of drug-likeness (QED) is 0.353. The fourth-order valence-electron chi connectivity index (χ4n) is 4.15. The summed E-state index contributed by atoms with van der Waals surface area (Å²) in [5, 5.41) is 20.4. The van der Waals surface area contributed by atoms with Gasteiger partial charge in [0.15, 0.2) is 11.6 Å². The number of hydrogen-bond acceptors (Lipinski definition) is 4. The Hall–Kier alpha value is -3.30. The van der Waals surface area contributed by atoms with Crippen LogP contribution in [-0.2, 0) is 10.2 Å². The number of carbonyl (C=O) groups is 1. The third-order valence-electron chi connectivity index (χ3n) is 5.38. The van der Waals surface area contributed by atoms with Crippen molar-refractivity contribution in [3.8, 4) is 21.9 Å². The normalized spacial score (nSPS) is 11.9. The van der Waals surface area contributed by atoms with Gasteiger partial charge >= 0.3 is 5.97 Å². The minimum absolute atomic E-state index is 0.0795. The number of halogens is 3. The smallest absolute Gasteiger partial charge is 0.345 e. The molecule has 0 bridgehead atoms. The van der Waals surface area contributed by atoms with Crippen molar-refractivity contribution in [1.82, 2.24) is 4.57 Å². The predicted octanol–water partition coefficient (Wildman–Crippen LogP) is 6.10. The molecule has 2 aromatic heterocycles. The SMILES string of the molecule is COCC(C)(C)c1c(-c2ccc(C(=O)O)s2)c2c(O)cc(F)cc2n1-c1ccc(F)c(F)c1. The summed E-state index contributed by atoms with van der Waals surface area (Å²) in [6, 6.07) is 8.51. The van der Waals surface area contributed by atoms with Crippen molar-refractivity contribution in [3.05, 3.63) is 70.5 Å². The first kappa shape index (κ1) is 22.9. The van der Waals surface area contributed by atoms with Gasteiger partial charge in [-0.25, -0.2) is 18.0 Å². The molecule has 0 amide bonds. The summed E-state index contributed by atoms with van der Waals surface area (Å²) in [4.78, 5) is 12.1. The van der Waals surface area contributed by atoms with E-state index in [1.54, 1.807) is 10.6 Å². The molecule has 9 heteroatoms. The van der Waals surface area contributed by atoms with Crippen LogP contribution < -0.4 is 0 Å². The molecule has 0 radical (unpaired) electrons. The molecule has 2 N–H and O–H groups in total. The molecule has 0 spiro atoms. The molecule has 0 atom stereocenters. The molecule has 5 nitrogen and oxygen atoms in total. The number of carboxylic acids is 1. The molecule has 4 aromatic rings. The van der Waals surface area contributed by atoms with E-state index in [1.807, 2.05) is 13.8 Å². The number of hydrogen-bond donors (Lipinski definition) is 2. The fraction of sp³-hybridized carbons (Fsp3) is 0.208. The summed E-state index contributed by atoms with van der Waals surface area (Å²) in [6.45, 7) is 3.90. The number of benzene rings is 2. The lowest BCUT2D eigenvalue weighted by atomic mass is 9.86. The third-order valence-corrected chi connectivity index (χ3v) is 6.47. The first-order valence-electron chi connectivity index (χ1n) is 9.90. The van der Waals surface area contributed by atoms with Gasteiger partial charge in [-0.1, -0.05) is 13.8 Å². The number of ether oxygens (including phenoxy) is 1. The maximum atomic E-state index is 14.4. The summed E-state index contributed by atoms with van der Waals surface area (Å²) in [5.41, 5.74) is 0.642. The molecule has 4 rings (SSSR count). The Balaban J connectivity index is 2.21. The molecular weight excluding hydrogens is 455 g/mol. The number of carboxylic acid groups (broad SMARTS) is 1. The van der Waals surface area contributed by atoms with Gasteiger partial charge in [0.05, 0.1) is 17.5 Å². The summed E-state index contributed by atoms with van der Waals surface area (Å²) in [7, 11) is 1.51. The minimum Gasteiger partial charge on any atom is -0.507 e. The third kappa shape index (κ3) is 3.87. The van der Waals surface area contributed by atoms with Crippen molar-refractivity contribution in [1.29, 1.82) is 0 Å². The average molecular weight is 475 g/mol. The second kappa shape index (κ2) is 8.24. The van der Waals surface area contributed by atoms with Gasteiger partial charge in [-0.05, 0) is 30.3 Å². The van der Waals surface area contributed by atoms with E-state index >= 15 is 0 Å². The van der Waals surface area contributed by atoms with Gasteiger partial charge in [-0.15, -0.1) is 11.3 Å². The van der Waals surface area contributed by atoms with Crippen molar-refractivity contribution >= 4 is 28.2 Å². The summed E-state index contributed by atoms with van der Waals surface area (Å²) >= 11 is 0.992. The lowest BCUT2D eigenvalue weighted by Gasteiger charge is -2.28. The first-order chi connectivity index (χ1) is 15.5. The van der Waals surface area contributed by atoms with E-state index in [0.717, 1.165) is 29.5 Å². The number of aromatic hydroxyl groups is 1. The Morgan fingerprint density at radius 1 is 1.09 bits per heavy atom. The van der Waals surface area contributed by atoms with Crippen LogP contribution in [-0.4, -0.2) is 34.5 Å². The topological polar surface area (TPSA) is 71.7 Å². The lowest BCUT2D eigenvalue weighted by molar-refractivity contribution is 0.0702. The molecule has 33 heavy (non-hydrogen) atoms. The summed E-state index contributed by atoms with van der Waals surface area (Å²) in [6.07, 6.45) is 0. The summed E-state index contributed by atoms with van der Waals surface area (Å²) in [5.74, 6) is -4.31. The Kier molecular flexibility index (Phi) is 5.71. The highest BCUT2D eigenvalue weighted by atomic mass is 32.1. The van der Waals surface area contributed by atoms with Gasteiger partial charge in [0.1, 0.15) is 16.4 Å². The van der Waals surface area contributed by atoms with Gasteiger partial charge in [0, 0.05) is 46.5 Å². The standard InChI is InChI=1S/C24H20F3NO4S/c1-24(2,11-32-3)22-21(18-6-7-19(33-18)23(30)31)20-16(8-12(25)9-17(20)29)28(22)13-4-5-14(26)15(27)10-13/h4-10,29H,11H2,1-3H3,(H,30,31). The Labute approximate surface area is 191 Å². The number of rotatable bonds is 6. The molecule has 2 heterocycles. The maximum Gasteiger partial charge on any atom is 0.345 e. The van der Waals surface area contributed by atoms with Crippen molar-refractivity contribution in [3.63, 3.8) is 0 Å². The van der Waals surface area contributed by atoms with Crippen LogP contribution in [0, 0.1) is 17.5 Å². The van der Waals surface area contributed by atoms with Crippen LogP contribution in [0.25, 0.3) is 27.0 Å². The van der Waals surface area contributed by atoms with Crippen molar-refractivity contribution in [2.75, 3.05) is 13.7 Å². The highest BCUT2D eigenvalue weighted by molar-refractivity contribution is 7.17. The van der Waals surface area contributed by atoms with E-state index in [2.05, 4.69) is 0 Å². The van der Waals surface area contributed by atoms with Crippen molar-refractivity contribution in [2.45, 2.75) is 19.3 Å². The zero-order valence-corrected chi connectivity index (χ0v) is 18.8. The van der Waals surface area contributed by atoms with Gasteiger partial charge in [-0.2, -0.15) is 0 Å². The first-order valence-corrected chi connectivity index (χ1v) is 10.7. The number of phenolic OH excluding ortho intramolecular Hbond substituents is 1. The predicted molar refractivity (Wildman–Crippen MR) is 120 cm³/mol. The van der Waals surface area contributed by atoms with Gasteiger partial charge in [0.2, 0.25) is 0 Å². The molecule has 0 unspecified atom stereocenters. The van der Waals surface area contributed by atoms with E-state index in [0.29, 0.717) is 16.1 Å². The number of aromatic nitrogens is 1. The Bertz CT molecular complexity index is 1390. The Morgan fingerprint density at radius 2 is 1.82 bits per heavy atom. The molecule has 172 valence electrons. The summed E-state index contributed by atoms with van der Waals surface area (Å²) < 4.78 is 49.3. The van der Waals surface area contributed by atoms with Gasteiger partial charge in [0.25, 0.3) is 0 Å². The van der Waals surface area contributed by atoms with Crippen molar-refractivity contribution in [2.24, 2.45) is 0 Å². The molecule has 0 saturated heterocycles. The van der Waals surface area contributed by atoms with Crippen LogP contribution in [0.4, 0.5) is 13.2 Å². The highest BCUT2D eigenvalue weighted by Gasteiger charge is 2.34. The van der Waals surface area contributed by atoms with Crippen LogP contribution in [0.1, 0.15) is 29.2 Å². The lowest BCUT2D eigenvalue weighted by Crippen LogP contribution is -2.27. The average Bonchev–Trinajstić information content (AvgIpc) is 3.33. The number of nitrogens with zero attached hydrogens (tertiary/aromatic N) is 1. The number of aromatic carboxylic acids is 1. The van der Waals surface area contributed by atoms with Crippen LogP contribution >= 0.6 is 11.3 Å². The minimum atomic E-state index is -1.11. The molecule has 0 aliphatic carbocycles. The van der Waals surface area contributed by atoms with E-state index in [1.165, 1.54) is 25.3 Å². The van der Waals surface area contributed by atoms with Crippen LogP contribution in [0.5, 0.6) is 5.75 Å². The van der Waals surface area contributed by atoms with Crippen LogP contribution in [0.2, 0.25) is 0 Å². The van der Waals surface area contributed by atoms with Crippen LogP contribution in [0.3, 0.4) is 0 Å². The molecule has 0 aliphatic heterocycles. The molecule has 0 aliphatic rings. The van der Waals surface area contributed by atoms with Crippen molar-refractivity contribution < 1.29 is 32.9 Å². The number of thiophene rings is 1. The highest BCUT2D eigenvalue weighted by Crippen LogP contribution is 2.48. The Morgan fingerprint density at radius 3 is 2.42 bits per heavy atom. The second-order valence-corrected chi connectivity index (χ2v) is 9.35. The number of phenols is 1. The van der Waals surface area contributed by atoms with E-state index in [4.69, 9.17) is 4.74 Å². The molecule has 2 aromatic carbocycles. The monoisotopic (exact) mass is 475 g/mol. The van der Waals surface area contributed by atoms with E-state index < -0.39 is 28.8 Å². The molecule has 0 fully saturated rings. The zero-order valence-electron chi connectivity index (χ0n) is 17.9. The van der Waals surface area contributed by atoms with Gasteiger partial charge < -0.3 is 19.5 Å². The largest absolute Gasteiger partial charge is 0.507 e. The van der Waals surface area contributed by atoms with E-state index in [-0.39, 0.29) is 33.8 Å². The maximum absolute atomic E-state index is 14.4. The van der Waals surface area contributed by atoms with Gasteiger partial charge in [-0.3, -0.25) is 0 Å².